The van der Waals surface area contributed by atoms with Gasteiger partial charge in [-0.05, 0) is 62.6 Å². The lowest BCUT2D eigenvalue weighted by atomic mass is 9.84. The summed E-state index contributed by atoms with van der Waals surface area (Å²) < 4.78 is 42.3. The number of piperidine rings is 1. The zero-order valence-corrected chi connectivity index (χ0v) is 23.8. The third-order valence-electron chi connectivity index (χ3n) is 7.76. The molecule has 1 aromatic carbocycles. The molecular weight excluding hydrogens is 520 g/mol. The van der Waals surface area contributed by atoms with Crippen LogP contribution in [-0.2, 0) is 25.9 Å². The predicted octanol–water partition coefficient (Wildman–Crippen LogP) is 4.72. The minimum atomic E-state index is -3.36. The van der Waals surface area contributed by atoms with Crippen molar-refractivity contribution >= 4 is 15.9 Å². The first-order valence-electron chi connectivity index (χ1n) is 13.7. The van der Waals surface area contributed by atoms with E-state index in [1.165, 1.54) is 11.0 Å². The highest BCUT2D eigenvalue weighted by molar-refractivity contribution is 7.90. The summed E-state index contributed by atoms with van der Waals surface area (Å²) in [5, 5.41) is 9.65. The summed E-state index contributed by atoms with van der Waals surface area (Å²) in [6.07, 6.45) is 4.38. The van der Waals surface area contributed by atoms with Gasteiger partial charge in [-0.3, -0.25) is 0 Å². The molecule has 39 heavy (non-hydrogen) atoms. The molecule has 1 aliphatic heterocycles. The van der Waals surface area contributed by atoms with E-state index in [0.717, 1.165) is 37.5 Å². The van der Waals surface area contributed by atoms with Crippen LogP contribution in [0.25, 0.3) is 0 Å². The molecule has 1 N–H and O–H groups in total. The third kappa shape index (κ3) is 8.16. The molecule has 1 saturated carbocycles. The highest BCUT2D eigenvalue weighted by atomic mass is 32.2. The number of amides is 1. The number of hydrogen-bond acceptors (Lipinski definition) is 7. The molecule has 214 valence electrons. The molecule has 3 atom stereocenters. The molecule has 1 aliphatic carbocycles. The molecule has 0 radical (unpaired) electrons. The van der Waals surface area contributed by atoms with E-state index in [2.05, 4.69) is 11.9 Å². The number of carbonyl (C=O) groups is 1. The van der Waals surface area contributed by atoms with Gasteiger partial charge >= 0.3 is 6.09 Å². The number of ether oxygens (including phenoxy) is 3. The molecule has 9 nitrogen and oxygen atoms in total. The van der Waals surface area contributed by atoms with Gasteiger partial charge in [0, 0.05) is 25.3 Å². The van der Waals surface area contributed by atoms with Gasteiger partial charge < -0.3 is 24.2 Å². The fraction of sp³-hybridized carbons (Fsp3) is 0.586. The third-order valence-corrected chi connectivity index (χ3v) is 8.75. The SMILES string of the molecule is Cc1nc(S(C)(=O)=O)ccc1OC1CCC(OC2CCN(C(=O)O)CC2C(C)COCc2ccccc2)CC1. The zero-order valence-electron chi connectivity index (χ0n) is 23.0. The number of aryl methyl sites for hydroxylation is 1. The normalized spacial score (nSPS) is 24.7. The predicted molar refractivity (Wildman–Crippen MR) is 147 cm³/mol. The van der Waals surface area contributed by atoms with Crippen LogP contribution >= 0.6 is 0 Å². The van der Waals surface area contributed by atoms with Crippen molar-refractivity contribution < 1.29 is 32.5 Å². The number of likely N-dealkylation sites (tertiary alicyclic amines) is 1. The van der Waals surface area contributed by atoms with Gasteiger partial charge in [0.05, 0.1) is 37.2 Å². The molecule has 1 saturated heterocycles. The molecular formula is C29H40N2O7S. The van der Waals surface area contributed by atoms with Gasteiger partial charge in [-0.15, -0.1) is 0 Å². The zero-order chi connectivity index (χ0) is 28.0. The maximum absolute atomic E-state index is 11.8. The molecule has 2 aromatic rings. The second kappa shape index (κ2) is 13.1. The largest absolute Gasteiger partial charge is 0.489 e. The van der Waals surface area contributed by atoms with Gasteiger partial charge in [0.2, 0.25) is 0 Å². The van der Waals surface area contributed by atoms with Crippen LogP contribution in [0.4, 0.5) is 4.79 Å². The molecule has 3 unspecified atom stereocenters. The van der Waals surface area contributed by atoms with Crippen molar-refractivity contribution in [2.45, 2.75) is 75.9 Å². The average molecular weight is 561 g/mol. The summed E-state index contributed by atoms with van der Waals surface area (Å²) in [7, 11) is -3.36. The first-order chi connectivity index (χ1) is 18.6. The van der Waals surface area contributed by atoms with Crippen molar-refractivity contribution in [3.8, 4) is 5.75 Å². The van der Waals surface area contributed by atoms with Crippen LogP contribution in [-0.4, -0.2) is 73.8 Å². The molecule has 10 heteroatoms. The number of hydrogen-bond donors (Lipinski definition) is 1. The topological polar surface area (TPSA) is 115 Å². The number of carboxylic acid groups (broad SMARTS) is 1. The Morgan fingerprint density at radius 1 is 1.08 bits per heavy atom. The molecule has 0 bridgehead atoms. The lowest BCUT2D eigenvalue weighted by molar-refractivity contribution is -0.107. The summed E-state index contributed by atoms with van der Waals surface area (Å²) in [6, 6.07) is 13.2. The molecule has 0 spiro atoms. The smallest absolute Gasteiger partial charge is 0.407 e. The molecule has 1 amide bonds. The van der Waals surface area contributed by atoms with Crippen molar-refractivity contribution in [2.75, 3.05) is 26.0 Å². The summed E-state index contributed by atoms with van der Waals surface area (Å²) in [5.74, 6) is 0.810. The minimum Gasteiger partial charge on any atom is -0.489 e. The van der Waals surface area contributed by atoms with Crippen molar-refractivity contribution in [1.29, 1.82) is 0 Å². The number of sulfone groups is 1. The Kier molecular flexibility index (Phi) is 9.85. The maximum atomic E-state index is 11.8. The summed E-state index contributed by atoms with van der Waals surface area (Å²) in [6.45, 7) is 5.87. The Labute approximate surface area is 231 Å². The number of rotatable bonds is 10. The fourth-order valence-corrected chi connectivity index (χ4v) is 6.10. The number of nitrogens with zero attached hydrogens (tertiary/aromatic N) is 2. The summed E-state index contributed by atoms with van der Waals surface area (Å²) in [4.78, 5) is 17.4. The highest BCUT2D eigenvalue weighted by Crippen LogP contribution is 2.33. The first kappa shape index (κ1) is 29.3. The van der Waals surface area contributed by atoms with Crippen LogP contribution in [0.15, 0.2) is 47.5 Å². The number of aromatic nitrogens is 1. The minimum absolute atomic E-state index is 0.0180. The Hall–Kier alpha value is -2.69. The second-order valence-corrected chi connectivity index (χ2v) is 12.8. The van der Waals surface area contributed by atoms with E-state index in [-0.39, 0.29) is 35.2 Å². The van der Waals surface area contributed by atoms with Gasteiger partial charge in [-0.1, -0.05) is 37.3 Å². The Bertz CT molecular complexity index is 1200. The fourth-order valence-electron chi connectivity index (χ4n) is 5.48. The first-order valence-corrected chi connectivity index (χ1v) is 15.6. The van der Waals surface area contributed by atoms with Crippen LogP contribution in [0.2, 0.25) is 0 Å². The monoisotopic (exact) mass is 560 g/mol. The Morgan fingerprint density at radius 3 is 2.41 bits per heavy atom. The molecule has 1 aromatic heterocycles. The van der Waals surface area contributed by atoms with E-state index in [0.29, 0.717) is 44.2 Å². The van der Waals surface area contributed by atoms with E-state index in [1.807, 2.05) is 30.3 Å². The van der Waals surface area contributed by atoms with Crippen LogP contribution < -0.4 is 4.74 Å². The summed E-state index contributed by atoms with van der Waals surface area (Å²) >= 11 is 0. The van der Waals surface area contributed by atoms with E-state index >= 15 is 0 Å². The van der Waals surface area contributed by atoms with E-state index in [4.69, 9.17) is 14.2 Å². The lowest BCUT2D eigenvalue weighted by Gasteiger charge is -2.42. The molecule has 2 heterocycles. The number of benzene rings is 1. The lowest BCUT2D eigenvalue weighted by Crippen LogP contribution is -2.50. The van der Waals surface area contributed by atoms with Crippen molar-refractivity contribution in [2.24, 2.45) is 11.8 Å². The second-order valence-electron chi connectivity index (χ2n) is 10.9. The van der Waals surface area contributed by atoms with Crippen LogP contribution in [0.3, 0.4) is 0 Å². The highest BCUT2D eigenvalue weighted by Gasteiger charge is 2.37. The number of pyridine rings is 1. The van der Waals surface area contributed by atoms with Crippen LogP contribution in [0.1, 0.15) is 50.3 Å². The maximum Gasteiger partial charge on any atom is 0.407 e. The standard InChI is InChI=1S/C29H40N2O7S/c1-20(18-36-19-22-7-5-4-6-8-22)25-17-31(29(32)33)16-15-27(25)38-24-11-9-23(10-12-24)37-26-13-14-28(30-21(26)2)39(3,34)35/h4-8,13-14,20,23-25,27H,9-12,15-19H2,1-3H3,(H,32,33). The van der Waals surface area contributed by atoms with Crippen molar-refractivity contribution in [3.63, 3.8) is 0 Å². The average Bonchev–Trinajstić information content (AvgIpc) is 2.91. The Balaban J connectivity index is 1.30. The van der Waals surface area contributed by atoms with E-state index < -0.39 is 15.9 Å². The van der Waals surface area contributed by atoms with Crippen molar-refractivity contribution in [1.82, 2.24) is 9.88 Å². The molecule has 2 fully saturated rings. The van der Waals surface area contributed by atoms with E-state index in [9.17, 15) is 18.3 Å². The van der Waals surface area contributed by atoms with E-state index in [1.54, 1.807) is 13.0 Å². The van der Waals surface area contributed by atoms with Crippen LogP contribution in [0.5, 0.6) is 5.75 Å². The van der Waals surface area contributed by atoms with Gasteiger partial charge in [-0.2, -0.15) is 0 Å². The molecule has 2 aliphatic rings. The summed E-state index contributed by atoms with van der Waals surface area (Å²) in [5.41, 5.74) is 1.68. The van der Waals surface area contributed by atoms with Gasteiger partial charge in [0.15, 0.2) is 14.9 Å². The molecule has 4 rings (SSSR count). The van der Waals surface area contributed by atoms with Gasteiger partial charge in [-0.25, -0.2) is 18.2 Å². The van der Waals surface area contributed by atoms with Gasteiger partial charge in [0.25, 0.3) is 0 Å². The van der Waals surface area contributed by atoms with Crippen molar-refractivity contribution in [3.05, 3.63) is 53.7 Å². The van der Waals surface area contributed by atoms with Gasteiger partial charge in [0.1, 0.15) is 5.75 Å². The Morgan fingerprint density at radius 2 is 1.77 bits per heavy atom. The van der Waals surface area contributed by atoms with Crippen LogP contribution in [0, 0.1) is 18.8 Å². The quantitative estimate of drug-likeness (QED) is 0.444.